The highest BCUT2D eigenvalue weighted by Gasteiger charge is 2.38. The number of carbonyl (C=O) groups is 2. The quantitative estimate of drug-likeness (QED) is 0.598. The molecule has 0 saturated carbocycles. The summed E-state index contributed by atoms with van der Waals surface area (Å²) in [6, 6.07) is 10.0. The Labute approximate surface area is 181 Å². The van der Waals surface area contributed by atoms with Crippen LogP contribution >= 0.6 is 12.4 Å². The van der Waals surface area contributed by atoms with Crippen molar-refractivity contribution in [1.82, 2.24) is 14.4 Å². The number of aromatic nitrogens is 1. The van der Waals surface area contributed by atoms with Crippen LogP contribution in [0, 0.1) is 0 Å². The van der Waals surface area contributed by atoms with Gasteiger partial charge in [0, 0.05) is 24.7 Å². The van der Waals surface area contributed by atoms with Crippen LogP contribution in [0.4, 0.5) is 0 Å². The molecule has 2 aliphatic rings. The van der Waals surface area contributed by atoms with E-state index in [2.05, 4.69) is 14.4 Å². The fourth-order valence-electron chi connectivity index (χ4n) is 4.51. The Bertz CT molecular complexity index is 1230. The number of nitrogens with zero attached hydrogens (tertiary/aromatic N) is 3. The number of Topliss-reactive ketones (excluding diaryl/α,β-unsaturated/α-hetero) is 2. The molecule has 0 radical (unpaired) electrons. The van der Waals surface area contributed by atoms with E-state index in [1.54, 1.807) is 7.11 Å². The van der Waals surface area contributed by atoms with Gasteiger partial charge < -0.3 is 19.1 Å². The van der Waals surface area contributed by atoms with Gasteiger partial charge in [0.1, 0.15) is 5.75 Å². The van der Waals surface area contributed by atoms with Crippen molar-refractivity contribution in [1.29, 1.82) is 0 Å². The molecule has 1 aromatic heterocycles. The molecular weight excluding hydrogens is 402 g/mol. The van der Waals surface area contributed by atoms with Gasteiger partial charge in [-0.2, -0.15) is 0 Å². The molecule has 1 aliphatic heterocycles. The van der Waals surface area contributed by atoms with Crippen LogP contribution in [-0.4, -0.2) is 60.2 Å². The van der Waals surface area contributed by atoms with Crippen LogP contribution in [0.2, 0.25) is 0 Å². The zero-order valence-corrected chi connectivity index (χ0v) is 18.1. The smallest absolute Gasteiger partial charge is 0.174 e. The number of rotatable bonds is 4. The summed E-state index contributed by atoms with van der Waals surface area (Å²) in [4.78, 5) is 30.1. The summed E-state index contributed by atoms with van der Waals surface area (Å²) in [5.74, 6) is 0.512. The maximum atomic E-state index is 13.0. The van der Waals surface area contributed by atoms with Gasteiger partial charge >= 0.3 is 0 Å². The molecule has 156 valence electrons. The van der Waals surface area contributed by atoms with E-state index in [4.69, 9.17) is 4.74 Å². The lowest BCUT2D eigenvalue weighted by molar-refractivity contribution is -0.113. The molecule has 6 nitrogen and oxygen atoms in total. The molecule has 1 aliphatic carbocycles. The number of ether oxygens (including phenoxy) is 1. The van der Waals surface area contributed by atoms with Crippen molar-refractivity contribution in [3.05, 3.63) is 47.8 Å². The van der Waals surface area contributed by atoms with Gasteiger partial charge in [0.05, 0.1) is 42.5 Å². The Hall–Kier alpha value is -2.83. The van der Waals surface area contributed by atoms with E-state index in [1.807, 2.05) is 50.6 Å². The fraction of sp³-hybridized carbons (Fsp3) is 0.304. The van der Waals surface area contributed by atoms with Gasteiger partial charge in [-0.1, -0.05) is 24.3 Å². The van der Waals surface area contributed by atoms with E-state index >= 15 is 0 Å². The molecule has 7 heteroatoms. The van der Waals surface area contributed by atoms with E-state index in [0.717, 1.165) is 46.2 Å². The highest BCUT2D eigenvalue weighted by atomic mass is 35.5. The second-order valence-electron chi connectivity index (χ2n) is 8.00. The minimum absolute atomic E-state index is 0. The van der Waals surface area contributed by atoms with E-state index in [0.29, 0.717) is 17.8 Å². The summed E-state index contributed by atoms with van der Waals surface area (Å²) in [6.07, 6.45) is 1.86. The van der Waals surface area contributed by atoms with Gasteiger partial charge in [-0.05, 0) is 30.9 Å². The minimum atomic E-state index is -0.107. The topological polar surface area (TPSA) is 54.8 Å². The highest BCUT2D eigenvalue weighted by molar-refractivity contribution is 6.37. The fourth-order valence-corrected chi connectivity index (χ4v) is 4.51. The van der Waals surface area contributed by atoms with Crippen LogP contribution in [0.25, 0.3) is 27.2 Å². The molecule has 0 N–H and O–H groups in total. The zero-order chi connectivity index (χ0) is 20.3. The molecule has 0 bridgehead atoms. The molecule has 5 rings (SSSR count). The normalized spacial score (nSPS) is 15.5. The van der Waals surface area contributed by atoms with Crippen molar-refractivity contribution in [3.8, 4) is 5.75 Å². The number of methoxy groups -OCH3 is 1. The van der Waals surface area contributed by atoms with Crippen molar-refractivity contribution in [2.45, 2.75) is 13.1 Å². The summed E-state index contributed by atoms with van der Waals surface area (Å²) < 4.78 is 7.84. The van der Waals surface area contributed by atoms with Crippen LogP contribution in [0.5, 0.6) is 5.75 Å². The van der Waals surface area contributed by atoms with Gasteiger partial charge in [-0.15, -0.1) is 12.4 Å². The molecule has 0 fully saturated rings. The number of hydrogen-bond donors (Lipinski definition) is 0. The summed E-state index contributed by atoms with van der Waals surface area (Å²) in [7, 11) is 5.72. The molecule has 30 heavy (non-hydrogen) atoms. The van der Waals surface area contributed by atoms with Gasteiger partial charge in [0.15, 0.2) is 11.6 Å². The van der Waals surface area contributed by atoms with Gasteiger partial charge in [-0.3, -0.25) is 9.59 Å². The lowest BCUT2D eigenvalue weighted by Gasteiger charge is -2.31. The van der Waals surface area contributed by atoms with Gasteiger partial charge in [-0.25, -0.2) is 0 Å². The number of allylic oxidation sites excluding steroid dienone is 1. The predicted molar refractivity (Wildman–Crippen MR) is 120 cm³/mol. The second kappa shape index (κ2) is 7.45. The highest BCUT2D eigenvalue weighted by Crippen LogP contribution is 2.45. The average Bonchev–Trinajstić information content (AvgIpc) is 3.06. The predicted octanol–water partition coefficient (Wildman–Crippen LogP) is 3.56. The molecule has 0 atom stereocenters. The van der Waals surface area contributed by atoms with Crippen LogP contribution in [0.3, 0.4) is 0 Å². The summed E-state index contributed by atoms with van der Waals surface area (Å²) >= 11 is 0. The number of ketones is 2. The van der Waals surface area contributed by atoms with Crippen molar-refractivity contribution in [2.75, 3.05) is 34.3 Å². The van der Waals surface area contributed by atoms with Crippen LogP contribution in [-0.2, 0) is 11.5 Å². The Morgan fingerprint density at radius 3 is 2.63 bits per heavy atom. The Morgan fingerprint density at radius 1 is 1.13 bits per heavy atom. The third-order valence-corrected chi connectivity index (χ3v) is 5.86. The first-order valence-electron chi connectivity index (χ1n) is 9.79. The van der Waals surface area contributed by atoms with Crippen LogP contribution in [0.1, 0.15) is 22.5 Å². The monoisotopic (exact) mass is 425 g/mol. The lowest BCUT2D eigenvalue weighted by Crippen LogP contribution is -2.35. The number of likely N-dealkylation sites (N-methyl/N-ethyl adjacent to an activating group) is 1. The Morgan fingerprint density at radius 2 is 1.90 bits per heavy atom. The second-order valence-corrected chi connectivity index (χ2v) is 8.00. The first-order valence-corrected chi connectivity index (χ1v) is 9.79. The maximum Gasteiger partial charge on any atom is 0.174 e. The average molecular weight is 426 g/mol. The van der Waals surface area contributed by atoms with Crippen molar-refractivity contribution < 1.29 is 14.3 Å². The molecule has 0 amide bonds. The van der Waals surface area contributed by atoms with Crippen molar-refractivity contribution >= 4 is 51.2 Å². The van der Waals surface area contributed by atoms with E-state index in [9.17, 15) is 9.59 Å². The Kier molecular flexibility index (Phi) is 5.08. The number of carbonyl (C=O) groups excluding carboxylic acids is 2. The number of fused-ring (bicyclic) bond motifs is 5. The standard InChI is InChI=1S/C23H23N3O3.ClH/c1-24(2)8-9-25-12-16-17(27)11-18(28)21-20-15-7-5-4-6-14(15)10-19(29-3)23(20)26(13-25)22(16)21;/h4-7,10,12H,8-9,11,13H2,1-3H3;1H. The van der Waals surface area contributed by atoms with Crippen LogP contribution < -0.4 is 4.74 Å². The largest absolute Gasteiger partial charge is 0.495 e. The van der Waals surface area contributed by atoms with E-state index < -0.39 is 0 Å². The van der Waals surface area contributed by atoms with Crippen molar-refractivity contribution in [2.24, 2.45) is 0 Å². The third kappa shape index (κ3) is 2.90. The SMILES string of the molecule is COc1cc2ccccc2c2c3c4n(c12)CN(CCN(C)C)C=C4C(=O)CC3=O.Cl. The molecule has 0 saturated heterocycles. The summed E-state index contributed by atoms with van der Waals surface area (Å²) in [5, 5.41) is 2.94. The minimum Gasteiger partial charge on any atom is -0.495 e. The maximum absolute atomic E-state index is 13.0. The van der Waals surface area contributed by atoms with E-state index in [-0.39, 0.29) is 30.4 Å². The lowest BCUT2D eigenvalue weighted by atomic mass is 9.88. The first kappa shape index (κ1) is 20.4. The summed E-state index contributed by atoms with van der Waals surface area (Å²) in [5.41, 5.74) is 2.93. The summed E-state index contributed by atoms with van der Waals surface area (Å²) in [6.45, 7) is 2.25. The zero-order valence-electron chi connectivity index (χ0n) is 17.3. The Balaban J connectivity index is 0.00000218. The number of halogens is 1. The molecule has 0 unspecified atom stereocenters. The van der Waals surface area contributed by atoms with Crippen LogP contribution in [0.15, 0.2) is 36.5 Å². The van der Waals surface area contributed by atoms with Gasteiger partial charge in [0.2, 0.25) is 0 Å². The molecule has 2 heterocycles. The third-order valence-electron chi connectivity index (χ3n) is 5.86. The van der Waals surface area contributed by atoms with E-state index in [1.165, 1.54) is 0 Å². The number of hydrogen-bond acceptors (Lipinski definition) is 5. The molecule has 0 spiro atoms. The molecule has 2 aromatic carbocycles. The first-order chi connectivity index (χ1) is 14.0. The van der Waals surface area contributed by atoms with Gasteiger partial charge in [0.25, 0.3) is 0 Å². The number of benzene rings is 2. The van der Waals surface area contributed by atoms with Crippen molar-refractivity contribution in [3.63, 3.8) is 0 Å². The molecule has 3 aromatic rings. The molecular formula is C23H24ClN3O3.